The summed E-state index contributed by atoms with van der Waals surface area (Å²) in [7, 11) is 0. The minimum absolute atomic E-state index is 0.0536. The Hall–Kier alpha value is -4.78. The Bertz CT molecular complexity index is 1750. The van der Waals surface area contributed by atoms with Crippen LogP contribution in [-0.4, -0.2) is 61.6 Å². The van der Waals surface area contributed by atoms with Crippen molar-refractivity contribution in [3.63, 3.8) is 0 Å². The standard InChI is InChI=1S/C31H31F3N8O2/c1-18-10-15-42-27-21(4-2-3-13-41-14-11-23(41)30(44)38-18)17-37-28(35)25(27)26(40-42)19-5-7-20(8-6-19)29(43)39-24-16-22(9-12-36-24)31(32,33)34/h2,4-9,12,16-18,23H,3,10-11,13-15H2,1H3,(H2,35,37)(H,38,44)(H,36,39,43)/b4-2+/t18-,23-/m1/s1. The number of amides is 2. The molecule has 10 nitrogen and oxygen atoms in total. The molecule has 4 aromatic rings. The van der Waals surface area contributed by atoms with Gasteiger partial charge < -0.3 is 16.4 Å². The summed E-state index contributed by atoms with van der Waals surface area (Å²) < 4.78 is 41.1. The summed E-state index contributed by atoms with van der Waals surface area (Å²) in [5.74, 6) is -0.450. The Morgan fingerprint density at radius 2 is 1.89 bits per heavy atom. The lowest BCUT2D eigenvalue weighted by molar-refractivity contribution is -0.137. The summed E-state index contributed by atoms with van der Waals surface area (Å²) in [6, 6.07) is 8.00. The van der Waals surface area contributed by atoms with Gasteiger partial charge in [0.05, 0.1) is 22.5 Å². The van der Waals surface area contributed by atoms with Crippen LogP contribution in [0.25, 0.3) is 28.2 Å². The highest BCUT2D eigenvalue weighted by Gasteiger charge is 2.34. The highest BCUT2D eigenvalue weighted by molar-refractivity contribution is 6.06. The molecule has 228 valence electrons. The fourth-order valence-electron chi connectivity index (χ4n) is 5.57. The lowest BCUT2D eigenvalue weighted by Gasteiger charge is -2.40. The number of fused-ring (bicyclic) bond motifs is 1. The number of anilines is 2. The van der Waals surface area contributed by atoms with Gasteiger partial charge >= 0.3 is 6.18 Å². The first-order valence-corrected chi connectivity index (χ1v) is 14.4. The van der Waals surface area contributed by atoms with E-state index in [0.717, 1.165) is 55.3 Å². The van der Waals surface area contributed by atoms with Crippen LogP contribution in [0.2, 0.25) is 0 Å². The predicted octanol–water partition coefficient (Wildman–Crippen LogP) is 4.73. The molecule has 1 saturated heterocycles. The number of hydrogen-bond acceptors (Lipinski definition) is 7. The summed E-state index contributed by atoms with van der Waals surface area (Å²) >= 11 is 0. The molecule has 0 aliphatic carbocycles. The average molecular weight is 605 g/mol. The third-order valence-corrected chi connectivity index (χ3v) is 8.05. The summed E-state index contributed by atoms with van der Waals surface area (Å²) in [5.41, 5.74) is 8.67. The molecule has 1 aromatic carbocycles. The fraction of sp³-hybridized carbons (Fsp3) is 0.323. The first-order valence-electron chi connectivity index (χ1n) is 14.4. The zero-order valence-corrected chi connectivity index (χ0v) is 23.9. The molecule has 2 aliphatic heterocycles. The van der Waals surface area contributed by atoms with Crippen LogP contribution >= 0.6 is 0 Å². The number of pyridine rings is 2. The molecule has 4 N–H and O–H groups in total. The molecule has 13 heteroatoms. The Morgan fingerprint density at radius 3 is 2.61 bits per heavy atom. The van der Waals surface area contributed by atoms with E-state index in [1.807, 2.05) is 17.7 Å². The molecule has 0 spiro atoms. The number of nitrogens with one attached hydrogen (secondary N) is 2. The number of carbonyl (C=O) groups excluding carboxylic acids is 2. The van der Waals surface area contributed by atoms with Crippen LogP contribution in [-0.2, 0) is 17.5 Å². The van der Waals surface area contributed by atoms with Crippen LogP contribution < -0.4 is 16.4 Å². The maximum atomic E-state index is 13.1. The molecule has 1 fully saturated rings. The summed E-state index contributed by atoms with van der Waals surface area (Å²) in [6.07, 6.45) is 4.52. The van der Waals surface area contributed by atoms with E-state index in [1.165, 1.54) is 0 Å². The fourth-order valence-corrected chi connectivity index (χ4v) is 5.57. The first kappa shape index (κ1) is 29.3. The van der Waals surface area contributed by atoms with Gasteiger partial charge in [0.15, 0.2) is 0 Å². The number of aromatic nitrogens is 4. The van der Waals surface area contributed by atoms with E-state index < -0.39 is 17.6 Å². The van der Waals surface area contributed by atoms with Gasteiger partial charge in [0.25, 0.3) is 5.91 Å². The second kappa shape index (κ2) is 11.7. The van der Waals surface area contributed by atoms with Crippen molar-refractivity contribution in [1.82, 2.24) is 30.0 Å². The Labute approximate surface area is 251 Å². The highest BCUT2D eigenvalue weighted by atomic mass is 19.4. The number of rotatable bonds is 3. The number of nitrogens with zero attached hydrogens (tertiary/aromatic N) is 5. The largest absolute Gasteiger partial charge is 0.416 e. The Balaban J connectivity index is 1.30. The smallest absolute Gasteiger partial charge is 0.383 e. The third-order valence-electron chi connectivity index (χ3n) is 8.05. The van der Waals surface area contributed by atoms with Gasteiger partial charge in [-0.1, -0.05) is 24.3 Å². The van der Waals surface area contributed by atoms with Crippen LogP contribution in [0, 0.1) is 0 Å². The minimum Gasteiger partial charge on any atom is -0.383 e. The second-order valence-corrected chi connectivity index (χ2v) is 11.1. The third kappa shape index (κ3) is 5.87. The number of nitrogen functional groups attached to an aromatic ring is 1. The van der Waals surface area contributed by atoms with Crippen LogP contribution in [0.3, 0.4) is 0 Å². The van der Waals surface area contributed by atoms with Crippen LogP contribution in [0.4, 0.5) is 24.8 Å². The van der Waals surface area contributed by atoms with Crippen molar-refractivity contribution >= 4 is 40.4 Å². The van der Waals surface area contributed by atoms with Crippen molar-refractivity contribution < 1.29 is 22.8 Å². The highest BCUT2D eigenvalue weighted by Crippen LogP contribution is 2.35. The summed E-state index contributed by atoms with van der Waals surface area (Å²) in [4.78, 5) is 36.1. The van der Waals surface area contributed by atoms with Crippen molar-refractivity contribution in [3.05, 3.63) is 71.6 Å². The van der Waals surface area contributed by atoms with Crippen molar-refractivity contribution in [2.45, 2.75) is 51.0 Å². The van der Waals surface area contributed by atoms with Gasteiger partial charge in [-0.05, 0) is 50.5 Å². The monoisotopic (exact) mass is 604 g/mol. The lowest BCUT2D eigenvalue weighted by atomic mass is 10.0. The molecule has 2 aliphatic rings. The maximum Gasteiger partial charge on any atom is 0.416 e. The second-order valence-electron chi connectivity index (χ2n) is 11.1. The number of halogens is 3. The van der Waals surface area contributed by atoms with Crippen LogP contribution in [0.15, 0.2) is 54.9 Å². The minimum atomic E-state index is -4.55. The van der Waals surface area contributed by atoms with Crippen molar-refractivity contribution in [1.29, 1.82) is 0 Å². The predicted molar refractivity (Wildman–Crippen MR) is 160 cm³/mol. The molecule has 44 heavy (non-hydrogen) atoms. The van der Waals surface area contributed by atoms with E-state index in [0.29, 0.717) is 35.4 Å². The molecule has 2 atom stereocenters. The van der Waals surface area contributed by atoms with E-state index in [-0.39, 0.29) is 29.4 Å². The number of hydrogen-bond donors (Lipinski definition) is 3. The molecular formula is C31H31F3N8O2. The van der Waals surface area contributed by atoms with E-state index in [1.54, 1.807) is 30.5 Å². The molecule has 0 unspecified atom stereocenters. The number of nitrogens with two attached hydrogens (primary N) is 1. The lowest BCUT2D eigenvalue weighted by Crippen LogP contribution is -2.57. The van der Waals surface area contributed by atoms with Crippen molar-refractivity contribution in [2.24, 2.45) is 0 Å². The zero-order valence-electron chi connectivity index (χ0n) is 23.9. The van der Waals surface area contributed by atoms with Crippen molar-refractivity contribution in [3.8, 4) is 11.3 Å². The van der Waals surface area contributed by atoms with E-state index in [4.69, 9.17) is 10.8 Å². The summed E-state index contributed by atoms with van der Waals surface area (Å²) in [5, 5.41) is 11.1. The first-order chi connectivity index (χ1) is 21.1. The van der Waals surface area contributed by atoms with Gasteiger partial charge in [0, 0.05) is 54.8 Å². The van der Waals surface area contributed by atoms with E-state index >= 15 is 0 Å². The Kier molecular flexibility index (Phi) is 7.80. The number of alkyl halides is 3. The van der Waals surface area contributed by atoms with Gasteiger partial charge in [0.1, 0.15) is 17.3 Å². The molecule has 0 radical (unpaired) electrons. The number of carbonyl (C=O) groups is 2. The molecule has 0 saturated carbocycles. The SMILES string of the molecule is C[C@@H]1CCn2nc(-c3ccc(C(=O)Nc4cc(C(F)(F)F)ccn4)cc3)c3c(N)ncc(c32)/C=C/CCN2CC[C@@H]2C(=O)N1. The van der Waals surface area contributed by atoms with Gasteiger partial charge in [0.2, 0.25) is 5.91 Å². The normalized spacial score (nSPS) is 20.2. The molecule has 6 rings (SSSR count). The molecule has 5 heterocycles. The maximum absolute atomic E-state index is 13.1. The van der Waals surface area contributed by atoms with Crippen LogP contribution in [0.5, 0.6) is 0 Å². The topological polar surface area (TPSA) is 131 Å². The molecule has 0 bridgehead atoms. The zero-order chi connectivity index (χ0) is 31.0. The number of aryl methyl sites for hydroxylation is 1. The molecule has 2 amide bonds. The van der Waals surface area contributed by atoms with E-state index in [2.05, 4.69) is 31.6 Å². The summed E-state index contributed by atoms with van der Waals surface area (Å²) in [6.45, 7) is 4.19. The molecule has 3 aromatic heterocycles. The van der Waals surface area contributed by atoms with Gasteiger partial charge in [-0.2, -0.15) is 18.3 Å². The van der Waals surface area contributed by atoms with Gasteiger partial charge in [-0.25, -0.2) is 9.97 Å². The van der Waals surface area contributed by atoms with E-state index in [9.17, 15) is 22.8 Å². The number of benzene rings is 1. The van der Waals surface area contributed by atoms with Crippen molar-refractivity contribution in [2.75, 3.05) is 24.1 Å². The van der Waals surface area contributed by atoms with Gasteiger partial charge in [-0.15, -0.1) is 0 Å². The quantitative estimate of drug-likeness (QED) is 0.308. The Morgan fingerprint density at radius 1 is 1.09 bits per heavy atom. The van der Waals surface area contributed by atoms with Crippen LogP contribution in [0.1, 0.15) is 47.7 Å². The van der Waals surface area contributed by atoms with Gasteiger partial charge in [-0.3, -0.25) is 19.2 Å². The average Bonchev–Trinajstić information content (AvgIpc) is 3.36. The molecular weight excluding hydrogens is 573 g/mol.